The highest BCUT2D eigenvalue weighted by molar-refractivity contribution is 14.1. The molecule has 0 unspecified atom stereocenters. The summed E-state index contributed by atoms with van der Waals surface area (Å²) in [7, 11) is 1.52. The van der Waals surface area contributed by atoms with Crippen LogP contribution in [0.3, 0.4) is 0 Å². The molecule has 6 heteroatoms. The minimum absolute atomic E-state index is 0.0928. The minimum Gasteiger partial charge on any atom is -0.493 e. The van der Waals surface area contributed by atoms with E-state index in [-0.39, 0.29) is 12.4 Å². The van der Waals surface area contributed by atoms with Crippen LogP contribution in [0.4, 0.5) is 4.39 Å². The molecule has 0 aliphatic heterocycles. The predicted molar refractivity (Wildman–Crippen MR) is 94.7 cm³/mol. The summed E-state index contributed by atoms with van der Waals surface area (Å²) in [6.45, 7) is 0.0928. The lowest BCUT2D eigenvalue weighted by atomic mass is 10.2. The van der Waals surface area contributed by atoms with Crippen LogP contribution in [0.2, 0.25) is 0 Å². The molecule has 0 saturated heterocycles. The molecule has 0 bridgehead atoms. The molecule has 2 N–H and O–H groups in total. The van der Waals surface area contributed by atoms with Crippen LogP contribution in [0.25, 0.3) is 6.08 Å². The van der Waals surface area contributed by atoms with Crippen LogP contribution in [-0.4, -0.2) is 13.0 Å². The van der Waals surface area contributed by atoms with Crippen LogP contribution in [-0.2, 0) is 11.4 Å². The number of carbonyl (C=O) groups excluding carboxylic acids is 1. The minimum atomic E-state index is -0.529. The summed E-state index contributed by atoms with van der Waals surface area (Å²) in [6, 6.07) is 9.97. The maximum atomic E-state index is 13.6. The smallest absolute Gasteiger partial charge is 0.241 e. The molecule has 2 rings (SSSR count). The first-order valence-electron chi connectivity index (χ1n) is 6.72. The summed E-state index contributed by atoms with van der Waals surface area (Å²) in [5.74, 6) is 0.172. The van der Waals surface area contributed by atoms with Crippen molar-refractivity contribution in [2.75, 3.05) is 7.11 Å². The van der Waals surface area contributed by atoms with Crippen LogP contribution < -0.4 is 15.2 Å². The number of carbonyl (C=O) groups is 1. The van der Waals surface area contributed by atoms with E-state index in [9.17, 15) is 9.18 Å². The van der Waals surface area contributed by atoms with Gasteiger partial charge in [-0.05, 0) is 52.4 Å². The number of rotatable bonds is 6. The zero-order valence-corrected chi connectivity index (χ0v) is 14.5. The van der Waals surface area contributed by atoms with Crippen molar-refractivity contribution >= 4 is 34.6 Å². The molecule has 0 fully saturated rings. The maximum absolute atomic E-state index is 13.6. The van der Waals surface area contributed by atoms with Crippen molar-refractivity contribution in [1.82, 2.24) is 0 Å². The first kappa shape index (κ1) is 17.3. The summed E-state index contributed by atoms with van der Waals surface area (Å²) in [5.41, 5.74) is 6.30. The van der Waals surface area contributed by atoms with E-state index in [1.165, 1.54) is 19.3 Å². The molecule has 2 aromatic carbocycles. The first-order chi connectivity index (χ1) is 11.0. The molecule has 0 aromatic heterocycles. The standard InChI is InChI=1S/C17H15FINO3/c1-22-15-9-11(6-7-16(20)21)8-14(19)17(15)23-10-12-4-2-3-5-13(12)18/h2-9H,10H2,1H3,(H2,20,21)/b7-6+. The van der Waals surface area contributed by atoms with E-state index in [1.54, 1.807) is 30.3 Å². The molecule has 0 aliphatic carbocycles. The zero-order chi connectivity index (χ0) is 16.8. The van der Waals surface area contributed by atoms with Gasteiger partial charge in [0.05, 0.1) is 10.7 Å². The molecule has 2 aromatic rings. The molecule has 23 heavy (non-hydrogen) atoms. The number of hydrogen-bond acceptors (Lipinski definition) is 3. The highest BCUT2D eigenvalue weighted by atomic mass is 127. The average molecular weight is 427 g/mol. The Morgan fingerprint density at radius 1 is 1.35 bits per heavy atom. The number of ether oxygens (including phenoxy) is 2. The Balaban J connectivity index is 2.24. The summed E-state index contributed by atoms with van der Waals surface area (Å²) in [6.07, 6.45) is 2.86. The van der Waals surface area contributed by atoms with Crippen molar-refractivity contribution in [2.45, 2.75) is 6.61 Å². The summed E-state index contributed by atoms with van der Waals surface area (Å²) < 4.78 is 25.5. The van der Waals surface area contributed by atoms with Crippen LogP contribution in [0.15, 0.2) is 42.5 Å². The molecular formula is C17H15FINO3. The van der Waals surface area contributed by atoms with E-state index >= 15 is 0 Å². The Morgan fingerprint density at radius 2 is 2.09 bits per heavy atom. The topological polar surface area (TPSA) is 61.5 Å². The Kier molecular flexibility index (Phi) is 5.97. The van der Waals surface area contributed by atoms with Gasteiger partial charge in [0, 0.05) is 11.6 Å². The molecule has 0 saturated carbocycles. The zero-order valence-electron chi connectivity index (χ0n) is 12.4. The van der Waals surface area contributed by atoms with Gasteiger partial charge in [-0.3, -0.25) is 4.79 Å². The molecule has 1 amide bonds. The number of methoxy groups -OCH3 is 1. The number of benzene rings is 2. The molecule has 120 valence electrons. The Bertz CT molecular complexity index is 747. The number of hydrogen-bond donors (Lipinski definition) is 1. The molecule has 0 radical (unpaired) electrons. The third-order valence-corrected chi connectivity index (χ3v) is 3.82. The largest absolute Gasteiger partial charge is 0.493 e. The Labute approximate surface area is 147 Å². The number of nitrogens with two attached hydrogens (primary N) is 1. The van der Waals surface area contributed by atoms with Gasteiger partial charge in [0.2, 0.25) is 5.91 Å². The van der Waals surface area contributed by atoms with Crippen molar-refractivity contribution in [2.24, 2.45) is 5.73 Å². The lowest BCUT2D eigenvalue weighted by Gasteiger charge is -2.14. The van der Waals surface area contributed by atoms with E-state index in [2.05, 4.69) is 22.6 Å². The third-order valence-electron chi connectivity index (χ3n) is 3.02. The second-order valence-corrected chi connectivity index (χ2v) is 5.81. The monoisotopic (exact) mass is 427 g/mol. The van der Waals surface area contributed by atoms with Gasteiger partial charge in [-0.25, -0.2) is 4.39 Å². The van der Waals surface area contributed by atoms with Crippen molar-refractivity contribution in [3.63, 3.8) is 0 Å². The molecular weight excluding hydrogens is 412 g/mol. The van der Waals surface area contributed by atoms with Crippen molar-refractivity contribution < 1.29 is 18.7 Å². The fourth-order valence-corrected chi connectivity index (χ4v) is 2.70. The van der Waals surface area contributed by atoms with Gasteiger partial charge in [0.1, 0.15) is 12.4 Å². The summed E-state index contributed by atoms with van der Waals surface area (Å²) >= 11 is 2.09. The summed E-state index contributed by atoms with van der Waals surface area (Å²) in [5, 5.41) is 0. The quantitative estimate of drug-likeness (QED) is 0.567. The molecule has 4 nitrogen and oxygen atoms in total. The van der Waals surface area contributed by atoms with Crippen LogP contribution in [0, 0.1) is 9.39 Å². The van der Waals surface area contributed by atoms with Crippen LogP contribution in [0.1, 0.15) is 11.1 Å². The number of halogens is 2. The van der Waals surface area contributed by atoms with E-state index in [4.69, 9.17) is 15.2 Å². The van der Waals surface area contributed by atoms with Crippen LogP contribution in [0.5, 0.6) is 11.5 Å². The SMILES string of the molecule is COc1cc(/C=C/C(N)=O)cc(I)c1OCc1ccccc1F. The van der Waals surface area contributed by atoms with E-state index < -0.39 is 5.91 Å². The molecule has 0 aliphatic rings. The van der Waals surface area contributed by atoms with Crippen molar-refractivity contribution in [3.05, 3.63) is 63.0 Å². The van der Waals surface area contributed by atoms with Crippen molar-refractivity contribution in [1.29, 1.82) is 0 Å². The molecule has 0 spiro atoms. The van der Waals surface area contributed by atoms with Gasteiger partial charge < -0.3 is 15.2 Å². The fourth-order valence-electron chi connectivity index (χ4n) is 1.92. The van der Waals surface area contributed by atoms with Gasteiger partial charge in [0.25, 0.3) is 0 Å². The van der Waals surface area contributed by atoms with Gasteiger partial charge >= 0.3 is 0 Å². The average Bonchev–Trinajstić information content (AvgIpc) is 2.52. The van der Waals surface area contributed by atoms with Gasteiger partial charge in [-0.1, -0.05) is 18.2 Å². The lowest BCUT2D eigenvalue weighted by Crippen LogP contribution is -2.05. The van der Waals surface area contributed by atoms with E-state index in [0.717, 1.165) is 9.13 Å². The normalized spacial score (nSPS) is 10.7. The maximum Gasteiger partial charge on any atom is 0.241 e. The fraction of sp³-hybridized carbons (Fsp3) is 0.118. The number of amides is 1. The first-order valence-corrected chi connectivity index (χ1v) is 7.80. The highest BCUT2D eigenvalue weighted by Crippen LogP contribution is 2.35. The molecule has 0 heterocycles. The highest BCUT2D eigenvalue weighted by Gasteiger charge is 2.12. The Hall–Kier alpha value is -2.09. The number of primary amides is 1. The second-order valence-electron chi connectivity index (χ2n) is 4.65. The summed E-state index contributed by atoms with van der Waals surface area (Å²) in [4.78, 5) is 10.8. The van der Waals surface area contributed by atoms with E-state index in [1.807, 2.05) is 6.07 Å². The van der Waals surface area contributed by atoms with Gasteiger partial charge in [-0.15, -0.1) is 0 Å². The lowest BCUT2D eigenvalue weighted by molar-refractivity contribution is -0.113. The molecule has 0 atom stereocenters. The van der Waals surface area contributed by atoms with Gasteiger partial charge in [0.15, 0.2) is 11.5 Å². The predicted octanol–water partition coefficient (Wildman–Crippen LogP) is 3.52. The third kappa shape index (κ3) is 4.69. The second kappa shape index (κ2) is 7.96. The van der Waals surface area contributed by atoms with Crippen molar-refractivity contribution in [3.8, 4) is 11.5 Å². The van der Waals surface area contributed by atoms with Gasteiger partial charge in [-0.2, -0.15) is 0 Å². The van der Waals surface area contributed by atoms with E-state index in [0.29, 0.717) is 17.1 Å². The Morgan fingerprint density at radius 3 is 2.74 bits per heavy atom. The van der Waals surface area contributed by atoms with Crippen LogP contribution >= 0.6 is 22.6 Å².